The van der Waals surface area contributed by atoms with Gasteiger partial charge in [0.1, 0.15) is 20.9 Å². The first-order chi connectivity index (χ1) is 14.6. The summed E-state index contributed by atoms with van der Waals surface area (Å²) in [5, 5.41) is 14.4. The number of ether oxygens (including phenoxy) is 1. The number of morpholine rings is 1. The van der Waals surface area contributed by atoms with Gasteiger partial charge >= 0.3 is 0 Å². The van der Waals surface area contributed by atoms with Crippen molar-refractivity contribution < 1.29 is 4.74 Å². The first-order valence-corrected chi connectivity index (χ1v) is 12.6. The first-order valence-electron chi connectivity index (χ1n) is 10.8. The van der Waals surface area contributed by atoms with Gasteiger partial charge in [-0.3, -0.25) is 0 Å². The highest BCUT2D eigenvalue weighted by molar-refractivity contribution is 7.99. The molecule has 9 heteroatoms. The molecular weight excluding hydrogens is 416 g/mol. The molecule has 6 heterocycles. The van der Waals surface area contributed by atoms with Crippen LogP contribution in [0.1, 0.15) is 37.8 Å². The number of nitrogens with zero attached hydrogens (tertiary/aromatic N) is 6. The molecule has 3 aliphatic heterocycles. The van der Waals surface area contributed by atoms with Gasteiger partial charge in [-0.05, 0) is 30.0 Å². The fraction of sp³-hybridized carbons (Fsp3) is 0.619. The van der Waals surface area contributed by atoms with Gasteiger partial charge < -0.3 is 14.5 Å². The van der Waals surface area contributed by atoms with Crippen LogP contribution >= 0.6 is 23.1 Å². The predicted molar refractivity (Wildman–Crippen MR) is 124 cm³/mol. The van der Waals surface area contributed by atoms with Crippen molar-refractivity contribution in [2.75, 3.05) is 49.2 Å². The van der Waals surface area contributed by atoms with E-state index in [2.05, 4.69) is 39.1 Å². The lowest BCUT2D eigenvalue weighted by Gasteiger charge is -2.35. The molecule has 3 aromatic rings. The topological polar surface area (TPSA) is 67.3 Å². The van der Waals surface area contributed by atoms with E-state index in [1.165, 1.54) is 29.4 Å². The van der Waals surface area contributed by atoms with E-state index in [-0.39, 0.29) is 4.75 Å². The third-order valence-corrected chi connectivity index (χ3v) is 8.85. The van der Waals surface area contributed by atoms with Crippen LogP contribution < -0.4 is 9.80 Å². The smallest absolute Gasteiger partial charge is 0.172 e. The summed E-state index contributed by atoms with van der Waals surface area (Å²) in [6.45, 7) is 10.2. The van der Waals surface area contributed by atoms with E-state index in [0.29, 0.717) is 0 Å². The highest BCUT2D eigenvalue weighted by Crippen LogP contribution is 2.48. The third-order valence-electron chi connectivity index (χ3n) is 6.42. The fourth-order valence-electron chi connectivity index (χ4n) is 4.88. The first kappa shape index (κ1) is 19.0. The number of anilines is 2. The Morgan fingerprint density at radius 2 is 1.70 bits per heavy atom. The van der Waals surface area contributed by atoms with Crippen molar-refractivity contribution >= 4 is 55.2 Å². The Hall–Kier alpha value is -1.71. The second kappa shape index (κ2) is 7.17. The van der Waals surface area contributed by atoms with Crippen LogP contribution in [0.4, 0.5) is 11.6 Å². The van der Waals surface area contributed by atoms with Crippen LogP contribution in [0.15, 0.2) is 0 Å². The highest BCUT2D eigenvalue weighted by atomic mass is 32.2. The normalized spacial score (nSPS) is 21.5. The molecule has 0 saturated carbocycles. The maximum atomic E-state index is 5.60. The van der Waals surface area contributed by atoms with E-state index in [4.69, 9.17) is 9.72 Å². The van der Waals surface area contributed by atoms with E-state index < -0.39 is 0 Å². The second-order valence-corrected chi connectivity index (χ2v) is 11.7. The molecule has 2 saturated heterocycles. The molecule has 2 fully saturated rings. The van der Waals surface area contributed by atoms with Crippen LogP contribution in [0, 0.1) is 0 Å². The summed E-state index contributed by atoms with van der Waals surface area (Å²) in [4.78, 5) is 11.1. The van der Waals surface area contributed by atoms with Gasteiger partial charge in [-0.15, -0.1) is 21.5 Å². The Morgan fingerprint density at radius 1 is 0.933 bits per heavy atom. The summed E-state index contributed by atoms with van der Waals surface area (Å²) in [6.07, 6.45) is 3.46. The zero-order valence-corrected chi connectivity index (χ0v) is 19.1. The molecule has 158 valence electrons. The number of aromatic nitrogens is 4. The van der Waals surface area contributed by atoms with Crippen LogP contribution in [0.3, 0.4) is 0 Å². The standard InChI is InChI=1S/C21H26N6OS2/c1-21(2)11-13-14(12-29-21)18(27-7-9-28-10-8-27)22-20-15(13)16-17(30-20)19(24-25-23-16)26-5-3-4-6-26/h3-12H2,1-2H3. The van der Waals surface area contributed by atoms with Crippen LogP contribution in [0.25, 0.3) is 20.4 Å². The maximum Gasteiger partial charge on any atom is 0.172 e. The molecule has 0 atom stereocenters. The Balaban J connectivity index is 1.61. The van der Waals surface area contributed by atoms with Gasteiger partial charge in [0.2, 0.25) is 0 Å². The molecule has 0 amide bonds. The number of pyridine rings is 1. The molecule has 0 unspecified atom stereocenters. The lowest BCUT2D eigenvalue weighted by Crippen LogP contribution is -2.38. The minimum absolute atomic E-state index is 0.204. The molecule has 0 aliphatic carbocycles. The molecule has 0 N–H and O–H groups in total. The summed E-state index contributed by atoms with van der Waals surface area (Å²) in [5.74, 6) is 3.14. The minimum atomic E-state index is 0.204. The number of fused-ring (bicyclic) bond motifs is 5. The lowest BCUT2D eigenvalue weighted by atomic mass is 9.94. The SMILES string of the molecule is CC1(C)Cc2c(c(N3CCOCC3)nc3sc4c(N5CCCC5)nnnc4c23)CS1. The second-order valence-electron chi connectivity index (χ2n) is 8.98. The Kier molecular flexibility index (Phi) is 4.54. The summed E-state index contributed by atoms with van der Waals surface area (Å²) < 4.78 is 6.95. The van der Waals surface area contributed by atoms with Crippen molar-refractivity contribution in [1.29, 1.82) is 0 Å². The molecule has 3 aliphatic rings. The number of hydrogen-bond acceptors (Lipinski definition) is 9. The van der Waals surface area contributed by atoms with Gasteiger partial charge in [0.25, 0.3) is 0 Å². The van der Waals surface area contributed by atoms with Gasteiger partial charge in [0.15, 0.2) is 5.82 Å². The number of rotatable bonds is 2. The van der Waals surface area contributed by atoms with Crippen molar-refractivity contribution in [1.82, 2.24) is 20.4 Å². The molecular formula is C21H26N6OS2. The summed E-state index contributed by atoms with van der Waals surface area (Å²) in [6, 6.07) is 0. The number of thioether (sulfide) groups is 1. The van der Waals surface area contributed by atoms with Crippen LogP contribution in [0.5, 0.6) is 0 Å². The zero-order chi connectivity index (χ0) is 20.3. The molecule has 6 rings (SSSR count). The van der Waals surface area contributed by atoms with Gasteiger partial charge in [0, 0.05) is 47.6 Å². The average molecular weight is 443 g/mol. The third kappa shape index (κ3) is 3.05. The Labute approximate surface area is 184 Å². The van der Waals surface area contributed by atoms with E-state index in [0.717, 1.165) is 78.2 Å². The Morgan fingerprint density at radius 3 is 2.50 bits per heavy atom. The molecule has 30 heavy (non-hydrogen) atoms. The molecule has 0 bridgehead atoms. The number of thiophene rings is 1. The molecule has 7 nitrogen and oxygen atoms in total. The van der Waals surface area contributed by atoms with Crippen molar-refractivity contribution in [3.8, 4) is 0 Å². The van der Waals surface area contributed by atoms with Gasteiger partial charge in [0.05, 0.1) is 13.2 Å². The van der Waals surface area contributed by atoms with Crippen LogP contribution in [-0.2, 0) is 16.9 Å². The lowest BCUT2D eigenvalue weighted by molar-refractivity contribution is 0.122. The van der Waals surface area contributed by atoms with Crippen molar-refractivity contribution in [2.45, 2.75) is 43.6 Å². The minimum Gasteiger partial charge on any atom is -0.378 e. The van der Waals surface area contributed by atoms with Crippen molar-refractivity contribution in [3.05, 3.63) is 11.1 Å². The molecule has 0 aromatic carbocycles. The number of hydrogen-bond donors (Lipinski definition) is 0. The predicted octanol–water partition coefficient (Wildman–Crippen LogP) is 3.64. The monoisotopic (exact) mass is 442 g/mol. The van der Waals surface area contributed by atoms with Crippen LogP contribution in [-0.4, -0.2) is 64.5 Å². The Bertz CT molecular complexity index is 1120. The summed E-state index contributed by atoms with van der Waals surface area (Å²) >= 11 is 3.77. The van der Waals surface area contributed by atoms with Crippen LogP contribution in [0.2, 0.25) is 0 Å². The van der Waals surface area contributed by atoms with E-state index in [1.807, 2.05) is 11.8 Å². The maximum absolute atomic E-state index is 5.60. The molecule has 0 radical (unpaired) electrons. The van der Waals surface area contributed by atoms with Gasteiger partial charge in [-0.25, -0.2) is 4.98 Å². The summed E-state index contributed by atoms with van der Waals surface area (Å²) in [5.41, 5.74) is 3.80. The van der Waals surface area contributed by atoms with Gasteiger partial charge in [-0.2, -0.15) is 11.8 Å². The largest absolute Gasteiger partial charge is 0.378 e. The van der Waals surface area contributed by atoms with Crippen molar-refractivity contribution in [2.24, 2.45) is 0 Å². The zero-order valence-electron chi connectivity index (χ0n) is 17.5. The van der Waals surface area contributed by atoms with E-state index in [9.17, 15) is 0 Å². The fourth-order valence-corrected chi connectivity index (χ4v) is 7.11. The highest BCUT2D eigenvalue weighted by Gasteiger charge is 2.33. The van der Waals surface area contributed by atoms with Gasteiger partial charge in [-0.1, -0.05) is 13.8 Å². The quantitative estimate of drug-likeness (QED) is 0.596. The molecule has 0 spiro atoms. The van der Waals surface area contributed by atoms with E-state index >= 15 is 0 Å². The van der Waals surface area contributed by atoms with Crippen molar-refractivity contribution in [3.63, 3.8) is 0 Å². The average Bonchev–Trinajstić information content (AvgIpc) is 3.41. The van der Waals surface area contributed by atoms with E-state index in [1.54, 1.807) is 11.3 Å². The molecule has 3 aromatic heterocycles. The summed E-state index contributed by atoms with van der Waals surface area (Å²) in [7, 11) is 0.